The van der Waals surface area contributed by atoms with Gasteiger partial charge in [0.2, 0.25) is 0 Å². The van der Waals surface area contributed by atoms with Gasteiger partial charge in [0.25, 0.3) is 5.91 Å². The molecule has 0 atom stereocenters. The zero-order chi connectivity index (χ0) is 21.8. The van der Waals surface area contributed by atoms with Crippen molar-refractivity contribution in [3.05, 3.63) is 93.0 Å². The fourth-order valence-corrected chi connectivity index (χ4v) is 3.46. The lowest BCUT2D eigenvalue weighted by atomic mass is 10.1. The Labute approximate surface area is 192 Å². The predicted molar refractivity (Wildman–Crippen MR) is 120 cm³/mol. The van der Waals surface area contributed by atoms with Gasteiger partial charge in [-0.1, -0.05) is 35.0 Å². The third kappa shape index (κ3) is 5.34. The number of rotatable bonds is 7. The highest BCUT2D eigenvalue weighted by molar-refractivity contribution is 9.10. The summed E-state index contributed by atoms with van der Waals surface area (Å²) in [5.74, 6) is 0.748. The molecule has 2 aromatic carbocycles. The van der Waals surface area contributed by atoms with Crippen molar-refractivity contribution >= 4 is 39.1 Å². The van der Waals surface area contributed by atoms with E-state index in [0.717, 1.165) is 10.0 Å². The Morgan fingerprint density at radius 3 is 2.77 bits per heavy atom. The van der Waals surface area contributed by atoms with Crippen LogP contribution in [0.5, 0.6) is 5.75 Å². The summed E-state index contributed by atoms with van der Waals surface area (Å²) in [6.07, 6.45) is 3.64. The van der Waals surface area contributed by atoms with Crippen molar-refractivity contribution in [1.29, 1.82) is 0 Å². The quantitative estimate of drug-likeness (QED) is 0.363. The Morgan fingerprint density at radius 2 is 2.06 bits per heavy atom. The Hall–Kier alpha value is -3.10. The van der Waals surface area contributed by atoms with Crippen LogP contribution < -0.4 is 10.1 Å². The van der Waals surface area contributed by atoms with Crippen molar-refractivity contribution in [1.82, 2.24) is 14.9 Å². The first-order chi connectivity index (χ1) is 15.0. The number of benzene rings is 2. The maximum Gasteiger partial charge on any atom is 0.278 e. The average Bonchev–Trinajstić information content (AvgIpc) is 3.33. The molecule has 2 heterocycles. The van der Waals surface area contributed by atoms with Gasteiger partial charge in [0.15, 0.2) is 5.69 Å². The fraction of sp³-hybridized carbons (Fsp3) is 0.136. The number of carbonyl (C=O) groups is 1. The highest BCUT2D eigenvalue weighted by Crippen LogP contribution is 2.22. The standard InChI is InChI=1S/C22H18BrClN4O3/c1-14-20(13-30-19-4-2-3-17(24)9-19)21(27-31-14)22(29)26-18-7-5-15(6-8-18)11-28-12-16(23)10-25-28/h2-10,12H,11,13H2,1H3,(H,26,29). The van der Waals surface area contributed by atoms with E-state index < -0.39 is 0 Å². The number of nitrogens with one attached hydrogen (secondary N) is 1. The lowest BCUT2D eigenvalue weighted by Gasteiger charge is -2.08. The van der Waals surface area contributed by atoms with Gasteiger partial charge in [-0.25, -0.2) is 0 Å². The van der Waals surface area contributed by atoms with Gasteiger partial charge in [-0.15, -0.1) is 0 Å². The van der Waals surface area contributed by atoms with Crippen LogP contribution in [0.15, 0.2) is 69.9 Å². The van der Waals surface area contributed by atoms with E-state index in [9.17, 15) is 4.79 Å². The zero-order valence-electron chi connectivity index (χ0n) is 16.5. The van der Waals surface area contributed by atoms with Crippen molar-refractivity contribution in [3.8, 4) is 5.75 Å². The molecule has 31 heavy (non-hydrogen) atoms. The molecule has 0 aliphatic carbocycles. The number of carbonyl (C=O) groups excluding carboxylic acids is 1. The Balaban J connectivity index is 1.41. The van der Waals surface area contributed by atoms with Crippen molar-refractivity contribution in [2.45, 2.75) is 20.1 Å². The molecule has 0 fully saturated rings. The lowest BCUT2D eigenvalue weighted by Crippen LogP contribution is -2.15. The first kappa shape index (κ1) is 21.1. The highest BCUT2D eigenvalue weighted by atomic mass is 79.9. The molecule has 0 spiro atoms. The van der Waals surface area contributed by atoms with Crippen molar-refractivity contribution in [2.24, 2.45) is 0 Å². The van der Waals surface area contributed by atoms with Crippen molar-refractivity contribution < 1.29 is 14.1 Å². The maximum atomic E-state index is 12.8. The average molecular weight is 502 g/mol. The number of amides is 1. The van der Waals surface area contributed by atoms with Crippen LogP contribution in [0.1, 0.15) is 27.4 Å². The molecular weight excluding hydrogens is 484 g/mol. The minimum atomic E-state index is -0.370. The van der Waals surface area contributed by atoms with E-state index in [4.69, 9.17) is 20.9 Å². The van der Waals surface area contributed by atoms with Gasteiger partial charge in [-0.2, -0.15) is 5.10 Å². The molecule has 0 unspecified atom stereocenters. The van der Waals surface area contributed by atoms with Gasteiger partial charge in [0, 0.05) is 16.9 Å². The van der Waals surface area contributed by atoms with E-state index in [1.54, 1.807) is 37.4 Å². The molecular formula is C22H18BrClN4O3. The van der Waals surface area contributed by atoms with Gasteiger partial charge >= 0.3 is 0 Å². The molecule has 0 bridgehead atoms. The van der Waals surface area contributed by atoms with E-state index in [2.05, 4.69) is 31.5 Å². The van der Waals surface area contributed by atoms with E-state index in [1.165, 1.54) is 0 Å². The molecule has 4 rings (SSSR count). The highest BCUT2D eigenvalue weighted by Gasteiger charge is 2.20. The van der Waals surface area contributed by atoms with E-state index >= 15 is 0 Å². The van der Waals surface area contributed by atoms with Gasteiger partial charge < -0.3 is 14.6 Å². The molecule has 0 aliphatic rings. The molecule has 2 aromatic heterocycles. The van der Waals surface area contributed by atoms with E-state index in [1.807, 2.05) is 35.1 Å². The monoisotopic (exact) mass is 500 g/mol. The second-order valence-electron chi connectivity index (χ2n) is 6.82. The fourth-order valence-electron chi connectivity index (χ4n) is 2.95. The second kappa shape index (κ2) is 9.36. The Morgan fingerprint density at radius 1 is 1.26 bits per heavy atom. The first-order valence-corrected chi connectivity index (χ1v) is 10.6. The van der Waals surface area contributed by atoms with Gasteiger partial charge in [-0.05, 0) is 58.7 Å². The van der Waals surface area contributed by atoms with Crippen LogP contribution in [0.25, 0.3) is 0 Å². The zero-order valence-corrected chi connectivity index (χ0v) is 18.9. The van der Waals surface area contributed by atoms with E-state index in [-0.39, 0.29) is 18.2 Å². The summed E-state index contributed by atoms with van der Waals surface area (Å²) in [6.45, 7) is 2.51. The molecule has 9 heteroatoms. The van der Waals surface area contributed by atoms with Gasteiger partial charge in [0.1, 0.15) is 18.1 Å². The molecule has 158 valence electrons. The molecule has 7 nitrogen and oxygen atoms in total. The van der Waals surface area contributed by atoms with Crippen LogP contribution in [-0.4, -0.2) is 20.8 Å². The smallest absolute Gasteiger partial charge is 0.278 e. The largest absolute Gasteiger partial charge is 0.489 e. The van der Waals surface area contributed by atoms with Crippen molar-refractivity contribution in [3.63, 3.8) is 0 Å². The third-order valence-corrected chi connectivity index (χ3v) is 5.18. The van der Waals surface area contributed by atoms with Crippen LogP contribution in [0.2, 0.25) is 5.02 Å². The van der Waals surface area contributed by atoms with Crippen LogP contribution in [-0.2, 0) is 13.2 Å². The summed E-state index contributed by atoms with van der Waals surface area (Å²) in [7, 11) is 0. The topological polar surface area (TPSA) is 82.2 Å². The molecule has 0 saturated heterocycles. The molecule has 4 aromatic rings. The molecule has 0 radical (unpaired) electrons. The SMILES string of the molecule is Cc1onc(C(=O)Nc2ccc(Cn3cc(Br)cn3)cc2)c1COc1cccc(Cl)c1. The van der Waals surface area contributed by atoms with Gasteiger partial charge in [-0.3, -0.25) is 9.48 Å². The molecule has 1 amide bonds. The summed E-state index contributed by atoms with van der Waals surface area (Å²) in [6, 6.07) is 14.6. The van der Waals surface area contributed by atoms with Crippen LogP contribution >= 0.6 is 27.5 Å². The number of ether oxygens (including phenoxy) is 1. The summed E-state index contributed by atoms with van der Waals surface area (Å²) < 4.78 is 13.7. The number of nitrogens with zero attached hydrogens (tertiary/aromatic N) is 3. The predicted octanol–water partition coefficient (Wildman–Crippen LogP) is 5.48. The Kier molecular flexibility index (Phi) is 6.39. The number of halogens is 2. The number of anilines is 1. The summed E-state index contributed by atoms with van der Waals surface area (Å²) >= 11 is 9.37. The Bertz CT molecular complexity index is 1200. The summed E-state index contributed by atoms with van der Waals surface area (Å²) in [4.78, 5) is 12.8. The minimum absolute atomic E-state index is 0.136. The normalized spacial score (nSPS) is 10.8. The summed E-state index contributed by atoms with van der Waals surface area (Å²) in [5.41, 5.74) is 2.47. The van der Waals surface area contributed by atoms with Crippen LogP contribution in [0.3, 0.4) is 0 Å². The van der Waals surface area contributed by atoms with Crippen LogP contribution in [0.4, 0.5) is 5.69 Å². The molecule has 0 aliphatic heterocycles. The summed E-state index contributed by atoms with van der Waals surface area (Å²) in [5, 5.41) is 11.6. The number of hydrogen-bond donors (Lipinski definition) is 1. The number of hydrogen-bond acceptors (Lipinski definition) is 5. The number of aryl methyl sites for hydroxylation is 1. The minimum Gasteiger partial charge on any atom is -0.489 e. The van der Waals surface area contributed by atoms with Crippen molar-refractivity contribution in [2.75, 3.05) is 5.32 Å². The first-order valence-electron chi connectivity index (χ1n) is 9.40. The maximum absolute atomic E-state index is 12.8. The van der Waals surface area contributed by atoms with E-state index in [0.29, 0.717) is 34.3 Å². The molecule has 1 N–H and O–H groups in total. The molecule has 0 saturated carbocycles. The lowest BCUT2D eigenvalue weighted by molar-refractivity contribution is 0.101. The number of aromatic nitrogens is 3. The van der Waals surface area contributed by atoms with Crippen LogP contribution in [0, 0.1) is 6.92 Å². The van der Waals surface area contributed by atoms with Gasteiger partial charge in [0.05, 0.1) is 22.8 Å². The second-order valence-corrected chi connectivity index (χ2v) is 8.17. The third-order valence-electron chi connectivity index (χ3n) is 4.54.